The van der Waals surface area contributed by atoms with Crippen LogP contribution < -0.4 is 4.90 Å². The highest BCUT2D eigenvalue weighted by molar-refractivity contribution is 8.26. The number of ether oxygens (including phenoxy) is 1. The maximum Gasteiger partial charge on any atom is 0.307 e. The van der Waals surface area contributed by atoms with Crippen molar-refractivity contribution >= 4 is 81.1 Å². The molecule has 0 aromatic heterocycles. The number of amides is 1. The van der Waals surface area contributed by atoms with E-state index < -0.39 is 0 Å². The van der Waals surface area contributed by atoms with Gasteiger partial charge in [-0.2, -0.15) is 23.5 Å². The van der Waals surface area contributed by atoms with Crippen molar-refractivity contribution < 1.29 is 14.3 Å². The third kappa shape index (κ3) is 6.38. The average Bonchev–Trinajstić information content (AvgIpc) is 3.35. The number of carbonyl (C=O) groups is 2. The first-order valence-corrected chi connectivity index (χ1v) is 16.1. The molecule has 0 radical (unpaired) electrons. The summed E-state index contributed by atoms with van der Waals surface area (Å²) < 4.78 is 6.27. The first-order chi connectivity index (χ1) is 17.3. The highest BCUT2D eigenvalue weighted by atomic mass is 32.2. The Morgan fingerprint density at radius 2 is 1.83 bits per heavy atom. The Morgan fingerprint density at radius 1 is 1.14 bits per heavy atom. The number of para-hydroxylation sites is 1. The molecule has 0 N–H and O–H groups in total. The Balaban J connectivity index is 1.45. The number of rotatable bonds is 6. The Hall–Kier alpha value is -1.33. The fourth-order valence-corrected chi connectivity index (χ4v) is 8.84. The molecule has 0 saturated carbocycles. The van der Waals surface area contributed by atoms with Crippen molar-refractivity contribution in [3.63, 3.8) is 0 Å². The van der Waals surface area contributed by atoms with Crippen LogP contribution in [0.5, 0.6) is 0 Å². The van der Waals surface area contributed by atoms with Crippen LogP contribution in [0.1, 0.15) is 20.3 Å². The number of thioether (sulfide) groups is 4. The molecular formula is C26H30N2O3S5. The second kappa shape index (κ2) is 12.5. The number of nitrogens with zero attached hydrogens (tertiary/aromatic N) is 2. The van der Waals surface area contributed by atoms with E-state index in [0.717, 1.165) is 49.8 Å². The van der Waals surface area contributed by atoms with Gasteiger partial charge in [0.1, 0.15) is 4.32 Å². The molecular weight excluding hydrogens is 549 g/mol. The largest absolute Gasteiger partial charge is 0.465 e. The summed E-state index contributed by atoms with van der Waals surface area (Å²) in [5, 5.41) is 1.04. The van der Waals surface area contributed by atoms with Gasteiger partial charge in [-0.15, -0.1) is 0 Å². The van der Waals surface area contributed by atoms with E-state index in [0.29, 0.717) is 34.7 Å². The number of carbonyl (C=O) groups excluding carboxylic acids is 2. The first kappa shape index (κ1) is 27.7. The van der Waals surface area contributed by atoms with E-state index in [1.54, 1.807) is 18.8 Å². The fourth-order valence-electron chi connectivity index (χ4n) is 3.95. The Bertz CT molecular complexity index is 1130. The molecule has 0 bridgehead atoms. The summed E-state index contributed by atoms with van der Waals surface area (Å²) >= 11 is 12.1. The van der Waals surface area contributed by atoms with E-state index in [4.69, 9.17) is 17.0 Å². The van der Waals surface area contributed by atoms with Gasteiger partial charge in [-0.1, -0.05) is 60.0 Å². The lowest BCUT2D eigenvalue weighted by Crippen LogP contribution is -2.25. The van der Waals surface area contributed by atoms with E-state index in [1.807, 2.05) is 49.5 Å². The summed E-state index contributed by atoms with van der Waals surface area (Å²) in [4.78, 5) is 30.9. The minimum absolute atomic E-state index is 0.0621. The molecule has 1 aromatic rings. The van der Waals surface area contributed by atoms with Gasteiger partial charge in [-0.25, -0.2) is 0 Å². The summed E-state index contributed by atoms with van der Waals surface area (Å²) in [5.41, 5.74) is 4.29. The number of benzene rings is 1. The molecule has 192 valence electrons. The van der Waals surface area contributed by atoms with Gasteiger partial charge in [0.2, 0.25) is 0 Å². The van der Waals surface area contributed by atoms with E-state index in [-0.39, 0.29) is 11.9 Å². The van der Waals surface area contributed by atoms with Gasteiger partial charge in [0.15, 0.2) is 0 Å². The van der Waals surface area contributed by atoms with Crippen LogP contribution in [0.2, 0.25) is 0 Å². The van der Waals surface area contributed by atoms with Crippen LogP contribution in [0.25, 0.3) is 0 Å². The summed E-state index contributed by atoms with van der Waals surface area (Å²) in [6, 6.07) is 8.19. The molecule has 3 aliphatic rings. The number of hydrogen-bond donors (Lipinski definition) is 0. The molecule has 2 fully saturated rings. The number of esters is 1. The van der Waals surface area contributed by atoms with Gasteiger partial charge in [-0.3, -0.25) is 14.5 Å². The molecule has 3 aliphatic heterocycles. The lowest BCUT2D eigenvalue weighted by atomic mass is 10.1. The molecule has 1 amide bonds. The lowest BCUT2D eigenvalue weighted by molar-refractivity contribution is -0.144. The van der Waals surface area contributed by atoms with Crippen molar-refractivity contribution in [2.45, 2.75) is 25.2 Å². The maximum absolute atomic E-state index is 12.7. The van der Waals surface area contributed by atoms with Crippen molar-refractivity contribution in [3.05, 3.63) is 57.5 Å². The minimum Gasteiger partial charge on any atom is -0.465 e. The number of anilines is 1. The maximum atomic E-state index is 12.7. The number of hydrogen-bond acceptors (Lipinski definition) is 9. The Morgan fingerprint density at radius 3 is 2.50 bits per heavy atom. The second-order valence-corrected chi connectivity index (χ2v) is 13.7. The van der Waals surface area contributed by atoms with Gasteiger partial charge >= 0.3 is 5.97 Å². The molecule has 1 aromatic carbocycles. The summed E-state index contributed by atoms with van der Waals surface area (Å²) in [6.45, 7) is 9.09. The fraction of sp³-hybridized carbons (Fsp3) is 0.423. The summed E-state index contributed by atoms with van der Waals surface area (Å²) in [5.74, 6) is 4.09. The van der Waals surface area contributed by atoms with Gasteiger partial charge in [-0.05, 0) is 37.1 Å². The van der Waals surface area contributed by atoms with Crippen LogP contribution in [-0.2, 0) is 14.3 Å². The predicted octanol–water partition coefficient (Wildman–Crippen LogP) is 6.18. The molecule has 2 saturated heterocycles. The number of likely N-dealkylation sites (N-methyl/N-ethyl adjacent to an activating group) is 1. The van der Waals surface area contributed by atoms with Crippen molar-refractivity contribution in [2.24, 2.45) is 5.92 Å². The molecule has 5 nitrogen and oxygen atoms in total. The lowest BCUT2D eigenvalue weighted by Gasteiger charge is -2.23. The Kier molecular flexibility index (Phi) is 9.60. The third-order valence-corrected chi connectivity index (χ3v) is 11.7. The SMILES string of the molecule is C=C1CSCC(COC(=O)CCN2/C(=C(C)/C(C)=C3\SC(=S)N(C)C3=O)Sc3ccccc32)CSC1. The zero-order chi connectivity index (χ0) is 25.8. The molecule has 0 spiro atoms. The van der Waals surface area contributed by atoms with E-state index in [9.17, 15) is 9.59 Å². The number of thiocarbonyl (C=S) groups is 1. The van der Waals surface area contributed by atoms with Crippen molar-refractivity contribution in [2.75, 3.05) is 48.1 Å². The van der Waals surface area contributed by atoms with Crippen molar-refractivity contribution in [1.29, 1.82) is 0 Å². The molecule has 3 heterocycles. The number of fused-ring (bicyclic) bond motifs is 1. The molecule has 10 heteroatoms. The predicted molar refractivity (Wildman–Crippen MR) is 161 cm³/mol. The standard InChI is InChI=1S/C26H30N2O3S5/c1-16-12-33-14-19(15-34-13-16)11-31-22(29)9-10-28-20-7-5-6-8-21(20)35-25(28)18(3)17(2)23-24(30)27(4)26(32)36-23/h5-8,19H,1,9-15H2,2-4H3/b23-17-,25-18-. The highest BCUT2D eigenvalue weighted by Crippen LogP contribution is 2.49. The second-order valence-electron chi connectivity index (χ2n) is 8.92. The third-order valence-electron chi connectivity index (χ3n) is 6.13. The smallest absolute Gasteiger partial charge is 0.307 e. The van der Waals surface area contributed by atoms with E-state index >= 15 is 0 Å². The summed E-state index contributed by atoms with van der Waals surface area (Å²) in [6.07, 6.45) is 0.297. The molecule has 0 atom stereocenters. The highest BCUT2D eigenvalue weighted by Gasteiger charge is 2.33. The molecule has 0 aliphatic carbocycles. The van der Waals surface area contributed by atoms with Crippen LogP contribution in [0.15, 0.2) is 62.4 Å². The minimum atomic E-state index is -0.175. The monoisotopic (exact) mass is 578 g/mol. The molecule has 0 unspecified atom stereocenters. The van der Waals surface area contributed by atoms with Gasteiger partial charge in [0, 0.05) is 47.4 Å². The van der Waals surface area contributed by atoms with Gasteiger partial charge < -0.3 is 9.64 Å². The van der Waals surface area contributed by atoms with Gasteiger partial charge in [0.25, 0.3) is 5.91 Å². The topological polar surface area (TPSA) is 49.9 Å². The van der Waals surface area contributed by atoms with Gasteiger partial charge in [0.05, 0.1) is 28.6 Å². The normalized spacial score (nSPS) is 21.9. The van der Waals surface area contributed by atoms with Crippen molar-refractivity contribution in [3.8, 4) is 0 Å². The molecule has 4 rings (SSSR count). The Labute approximate surface area is 235 Å². The van der Waals surface area contributed by atoms with Crippen LogP contribution in [0.4, 0.5) is 5.69 Å². The van der Waals surface area contributed by atoms with Crippen LogP contribution in [0, 0.1) is 5.92 Å². The van der Waals surface area contributed by atoms with E-state index in [2.05, 4.69) is 23.6 Å². The first-order valence-electron chi connectivity index (χ1n) is 11.7. The quantitative estimate of drug-likeness (QED) is 0.170. The van der Waals surface area contributed by atoms with Crippen LogP contribution >= 0.6 is 59.3 Å². The van der Waals surface area contributed by atoms with Crippen LogP contribution in [-0.4, -0.2) is 64.3 Å². The van der Waals surface area contributed by atoms with Crippen molar-refractivity contribution in [1.82, 2.24) is 4.90 Å². The zero-order valence-corrected chi connectivity index (χ0v) is 24.8. The zero-order valence-electron chi connectivity index (χ0n) is 20.7. The van der Waals surface area contributed by atoms with Crippen LogP contribution in [0.3, 0.4) is 0 Å². The van der Waals surface area contributed by atoms with E-state index in [1.165, 1.54) is 22.2 Å². The average molecular weight is 579 g/mol. The number of allylic oxidation sites excluding steroid dienone is 2. The summed E-state index contributed by atoms with van der Waals surface area (Å²) in [7, 11) is 1.71. The molecule has 36 heavy (non-hydrogen) atoms.